The van der Waals surface area contributed by atoms with Gasteiger partial charge in [-0.2, -0.15) is 0 Å². The molecule has 2 rings (SSSR count). The van der Waals surface area contributed by atoms with Crippen LogP contribution in [0.15, 0.2) is 12.1 Å². The molecule has 6 nitrogen and oxygen atoms in total. The second-order valence-electron chi connectivity index (χ2n) is 5.14. The molecular weight excluding hydrogens is 308 g/mol. The van der Waals surface area contributed by atoms with Crippen LogP contribution in [0.3, 0.4) is 0 Å². The van der Waals surface area contributed by atoms with Gasteiger partial charge in [-0.25, -0.2) is 0 Å². The van der Waals surface area contributed by atoms with Gasteiger partial charge in [0.15, 0.2) is 11.5 Å². The van der Waals surface area contributed by atoms with Gasteiger partial charge in [0.2, 0.25) is 0 Å². The van der Waals surface area contributed by atoms with Crippen molar-refractivity contribution in [1.82, 2.24) is 10.6 Å². The van der Waals surface area contributed by atoms with Crippen LogP contribution in [0.1, 0.15) is 5.56 Å². The molecular formula is C15H25ClN2O4. The van der Waals surface area contributed by atoms with Gasteiger partial charge >= 0.3 is 0 Å². The first-order valence-electron chi connectivity index (χ1n) is 7.08. The minimum absolute atomic E-state index is 0. The molecule has 0 bridgehead atoms. The van der Waals surface area contributed by atoms with Crippen molar-refractivity contribution in [2.24, 2.45) is 5.92 Å². The van der Waals surface area contributed by atoms with Crippen LogP contribution < -0.4 is 24.8 Å². The zero-order chi connectivity index (χ0) is 15.2. The van der Waals surface area contributed by atoms with E-state index in [2.05, 4.69) is 10.6 Å². The number of benzene rings is 1. The van der Waals surface area contributed by atoms with Crippen LogP contribution in [0.5, 0.6) is 17.2 Å². The molecule has 2 atom stereocenters. The quantitative estimate of drug-likeness (QED) is 0.686. The molecule has 1 aliphatic heterocycles. The van der Waals surface area contributed by atoms with Gasteiger partial charge in [0, 0.05) is 43.7 Å². The van der Waals surface area contributed by atoms with Gasteiger partial charge in [-0.15, -0.1) is 12.4 Å². The lowest BCUT2D eigenvalue weighted by Crippen LogP contribution is -2.30. The van der Waals surface area contributed by atoms with Crippen LogP contribution >= 0.6 is 12.4 Å². The van der Waals surface area contributed by atoms with Gasteiger partial charge in [0.25, 0.3) is 0 Å². The van der Waals surface area contributed by atoms with Crippen LogP contribution in [0.25, 0.3) is 0 Å². The van der Waals surface area contributed by atoms with E-state index in [4.69, 9.17) is 14.2 Å². The summed E-state index contributed by atoms with van der Waals surface area (Å²) in [7, 11) is 4.85. The summed E-state index contributed by atoms with van der Waals surface area (Å²) >= 11 is 0. The molecule has 0 aromatic heterocycles. The second-order valence-corrected chi connectivity index (χ2v) is 5.14. The zero-order valence-electron chi connectivity index (χ0n) is 13.2. The first kappa shape index (κ1) is 18.8. The Kier molecular flexibility index (Phi) is 7.75. The molecule has 3 N–H and O–H groups in total. The summed E-state index contributed by atoms with van der Waals surface area (Å²) in [6.07, 6.45) is -0.273. The molecule has 7 heteroatoms. The molecule has 1 saturated heterocycles. The van der Waals surface area contributed by atoms with E-state index in [0.29, 0.717) is 24.6 Å². The summed E-state index contributed by atoms with van der Waals surface area (Å²) in [5.41, 5.74) is 0.996. The number of halogens is 1. The molecule has 0 amide bonds. The van der Waals surface area contributed by atoms with Crippen LogP contribution in [0.2, 0.25) is 0 Å². The topological polar surface area (TPSA) is 72.0 Å². The smallest absolute Gasteiger partial charge is 0.164 e. The van der Waals surface area contributed by atoms with E-state index in [-0.39, 0.29) is 24.4 Å². The number of aliphatic hydroxyl groups excluding tert-OH is 1. The molecule has 0 aliphatic carbocycles. The molecule has 1 heterocycles. The number of hydrogen-bond acceptors (Lipinski definition) is 6. The highest BCUT2D eigenvalue weighted by atomic mass is 35.5. The molecule has 22 heavy (non-hydrogen) atoms. The van der Waals surface area contributed by atoms with Gasteiger partial charge in [0.05, 0.1) is 27.4 Å². The van der Waals surface area contributed by atoms with Crippen molar-refractivity contribution in [3.05, 3.63) is 17.7 Å². The predicted molar refractivity (Wildman–Crippen MR) is 87.4 cm³/mol. The van der Waals surface area contributed by atoms with Crippen LogP contribution in [-0.2, 0) is 6.54 Å². The number of aliphatic hydroxyl groups is 1. The molecule has 0 radical (unpaired) electrons. The highest BCUT2D eigenvalue weighted by Gasteiger charge is 2.24. The molecule has 1 aromatic carbocycles. The Balaban J connectivity index is 0.00000242. The number of rotatable bonds is 7. The first-order valence-corrected chi connectivity index (χ1v) is 7.08. The Morgan fingerprint density at radius 1 is 1.09 bits per heavy atom. The largest absolute Gasteiger partial charge is 0.496 e. The lowest BCUT2D eigenvalue weighted by atomic mass is 10.1. The third kappa shape index (κ3) is 4.39. The average molecular weight is 333 g/mol. The summed E-state index contributed by atoms with van der Waals surface area (Å²) < 4.78 is 16.0. The average Bonchev–Trinajstić information content (AvgIpc) is 2.92. The Bertz CT molecular complexity index is 473. The number of ether oxygens (including phenoxy) is 3. The SMILES string of the molecule is COc1cc(OC)c(OC)cc1CNCC1CNCC1O.Cl. The summed E-state index contributed by atoms with van der Waals surface area (Å²) in [6, 6.07) is 3.73. The fraction of sp³-hybridized carbons (Fsp3) is 0.600. The molecule has 1 aromatic rings. The molecule has 1 aliphatic rings. The molecule has 2 unspecified atom stereocenters. The molecule has 0 spiro atoms. The van der Waals surface area contributed by atoms with Gasteiger partial charge in [-0.05, 0) is 6.07 Å². The monoisotopic (exact) mass is 332 g/mol. The van der Waals surface area contributed by atoms with Gasteiger partial charge in [-0.3, -0.25) is 0 Å². The predicted octanol–water partition coefficient (Wildman–Crippen LogP) is 0.804. The van der Waals surface area contributed by atoms with Crippen LogP contribution in [0.4, 0.5) is 0 Å². The second kappa shape index (κ2) is 9.05. The highest BCUT2D eigenvalue weighted by Crippen LogP contribution is 2.34. The van der Waals surface area contributed by atoms with Crippen molar-refractivity contribution in [3.8, 4) is 17.2 Å². The fourth-order valence-corrected chi connectivity index (χ4v) is 2.55. The van der Waals surface area contributed by atoms with Crippen molar-refractivity contribution in [2.45, 2.75) is 12.6 Å². The van der Waals surface area contributed by atoms with E-state index in [1.54, 1.807) is 21.3 Å². The standard InChI is InChI=1S/C15H24N2O4.ClH/c1-19-13-5-15(21-3)14(20-2)4-10(13)6-16-7-11-8-17-9-12(11)18;/h4-5,11-12,16-18H,6-9H2,1-3H3;1H. The Labute approximate surface area is 137 Å². The summed E-state index contributed by atoms with van der Waals surface area (Å²) in [5.74, 6) is 2.33. The van der Waals surface area contributed by atoms with Gasteiger partial charge in [0.1, 0.15) is 5.75 Å². The van der Waals surface area contributed by atoms with Crippen molar-refractivity contribution >= 4 is 12.4 Å². The zero-order valence-corrected chi connectivity index (χ0v) is 14.0. The molecule has 126 valence electrons. The Morgan fingerprint density at radius 3 is 2.27 bits per heavy atom. The van der Waals surface area contributed by atoms with E-state index in [1.165, 1.54) is 0 Å². The highest BCUT2D eigenvalue weighted by molar-refractivity contribution is 5.85. The van der Waals surface area contributed by atoms with E-state index < -0.39 is 0 Å². The third-order valence-corrected chi connectivity index (χ3v) is 3.81. The summed E-state index contributed by atoms with van der Waals surface area (Å²) in [5, 5.41) is 16.3. The number of methoxy groups -OCH3 is 3. The van der Waals surface area contributed by atoms with Crippen LogP contribution in [0, 0.1) is 5.92 Å². The summed E-state index contributed by atoms with van der Waals surface area (Å²) in [4.78, 5) is 0. The molecule has 1 fully saturated rings. The van der Waals surface area contributed by atoms with Crippen molar-refractivity contribution in [3.63, 3.8) is 0 Å². The van der Waals surface area contributed by atoms with Crippen molar-refractivity contribution in [2.75, 3.05) is 41.0 Å². The Hall–Kier alpha value is -1.21. The fourth-order valence-electron chi connectivity index (χ4n) is 2.55. The summed E-state index contributed by atoms with van der Waals surface area (Å²) in [6.45, 7) is 2.92. The van der Waals surface area contributed by atoms with E-state index in [9.17, 15) is 5.11 Å². The molecule has 0 saturated carbocycles. The maximum atomic E-state index is 9.77. The maximum Gasteiger partial charge on any atom is 0.164 e. The van der Waals surface area contributed by atoms with Crippen LogP contribution in [-0.4, -0.2) is 52.2 Å². The minimum atomic E-state index is -0.273. The normalized spacial score (nSPS) is 20.4. The number of β-amino-alcohol motifs (C(OH)–C–C–N with tert-alkyl or cyclic N) is 1. The van der Waals surface area contributed by atoms with E-state index >= 15 is 0 Å². The minimum Gasteiger partial charge on any atom is -0.496 e. The van der Waals surface area contributed by atoms with Crippen molar-refractivity contribution in [1.29, 1.82) is 0 Å². The lowest BCUT2D eigenvalue weighted by molar-refractivity contribution is 0.146. The van der Waals surface area contributed by atoms with Gasteiger partial charge in [-0.1, -0.05) is 0 Å². The first-order chi connectivity index (χ1) is 10.2. The van der Waals surface area contributed by atoms with E-state index in [1.807, 2.05) is 12.1 Å². The Morgan fingerprint density at radius 2 is 1.73 bits per heavy atom. The number of nitrogens with one attached hydrogen (secondary N) is 2. The lowest BCUT2D eigenvalue weighted by Gasteiger charge is -2.17. The maximum absolute atomic E-state index is 9.77. The third-order valence-electron chi connectivity index (χ3n) is 3.81. The number of hydrogen-bond donors (Lipinski definition) is 3. The van der Waals surface area contributed by atoms with Gasteiger partial charge < -0.3 is 30.0 Å². The van der Waals surface area contributed by atoms with Crippen molar-refractivity contribution < 1.29 is 19.3 Å². The van der Waals surface area contributed by atoms with E-state index in [0.717, 1.165) is 24.4 Å².